The van der Waals surface area contributed by atoms with Crippen LogP contribution in [0, 0.1) is 10.1 Å². The second-order valence-corrected chi connectivity index (χ2v) is 7.67. The maximum atomic E-state index is 12.5. The molecule has 1 aromatic carbocycles. The highest BCUT2D eigenvalue weighted by molar-refractivity contribution is 5.90. The second kappa shape index (κ2) is 8.37. The minimum absolute atomic E-state index is 0.0396. The van der Waals surface area contributed by atoms with Gasteiger partial charge in [0.1, 0.15) is 11.7 Å². The number of carbonyl (C=O) groups is 3. The number of piperidine rings is 1. The molecule has 1 aromatic rings. The predicted molar refractivity (Wildman–Crippen MR) is 98.9 cm³/mol. The molecule has 1 heterocycles. The molecule has 1 fully saturated rings. The van der Waals surface area contributed by atoms with Crippen molar-refractivity contribution in [1.29, 1.82) is 0 Å². The smallest absolute Gasteiger partial charge is 0.411 e. The Labute approximate surface area is 162 Å². The Kier molecular flexibility index (Phi) is 6.37. The molecule has 0 spiro atoms. The summed E-state index contributed by atoms with van der Waals surface area (Å²) < 4.78 is 10.8. The highest BCUT2D eigenvalue weighted by Crippen LogP contribution is 2.24. The number of nitro benzene ring substituents is 1. The number of ether oxygens (including phenoxy) is 2. The van der Waals surface area contributed by atoms with E-state index in [2.05, 4.69) is 0 Å². The Morgan fingerprint density at radius 2 is 1.75 bits per heavy atom. The molecular formula is C19H24N2O7. The molecular weight excluding hydrogens is 368 g/mol. The fourth-order valence-electron chi connectivity index (χ4n) is 2.92. The van der Waals surface area contributed by atoms with Crippen LogP contribution in [-0.4, -0.2) is 52.0 Å². The molecule has 1 aliphatic heterocycles. The predicted octanol–water partition coefficient (Wildman–Crippen LogP) is 3.11. The van der Waals surface area contributed by atoms with E-state index in [1.165, 1.54) is 36.1 Å². The molecule has 0 saturated carbocycles. The molecule has 9 heteroatoms. The molecule has 152 valence electrons. The fraction of sp³-hybridized carbons (Fsp3) is 0.526. The van der Waals surface area contributed by atoms with Gasteiger partial charge >= 0.3 is 12.1 Å². The van der Waals surface area contributed by atoms with Crippen LogP contribution in [0.15, 0.2) is 24.3 Å². The van der Waals surface area contributed by atoms with E-state index in [4.69, 9.17) is 9.47 Å². The summed E-state index contributed by atoms with van der Waals surface area (Å²) in [7, 11) is 0. The number of hydrogen-bond donors (Lipinski definition) is 0. The lowest BCUT2D eigenvalue weighted by Gasteiger charge is -2.38. The molecule has 2 atom stereocenters. The van der Waals surface area contributed by atoms with Crippen LogP contribution in [0.5, 0.6) is 0 Å². The van der Waals surface area contributed by atoms with Gasteiger partial charge in [0, 0.05) is 12.1 Å². The van der Waals surface area contributed by atoms with Crippen LogP contribution in [0.3, 0.4) is 0 Å². The third-order valence-corrected chi connectivity index (χ3v) is 4.22. The first-order valence-corrected chi connectivity index (χ1v) is 8.93. The summed E-state index contributed by atoms with van der Waals surface area (Å²) in [5.41, 5.74) is -0.682. The average molecular weight is 392 g/mol. The van der Waals surface area contributed by atoms with Crippen LogP contribution < -0.4 is 0 Å². The number of nitrogens with zero attached hydrogens (tertiary/aromatic N) is 2. The van der Waals surface area contributed by atoms with Crippen molar-refractivity contribution in [2.45, 2.75) is 58.3 Å². The van der Waals surface area contributed by atoms with Gasteiger partial charge in [-0.1, -0.05) is 0 Å². The number of likely N-dealkylation sites (tertiary alicyclic amines) is 1. The van der Waals surface area contributed by atoms with Crippen molar-refractivity contribution in [3.05, 3.63) is 39.9 Å². The van der Waals surface area contributed by atoms with E-state index < -0.39 is 34.7 Å². The zero-order valence-corrected chi connectivity index (χ0v) is 16.3. The van der Waals surface area contributed by atoms with E-state index in [9.17, 15) is 24.5 Å². The average Bonchev–Trinajstić information content (AvgIpc) is 2.60. The number of esters is 1. The molecule has 2 rings (SSSR count). The summed E-state index contributed by atoms with van der Waals surface area (Å²) in [6, 6.07) is 4.44. The first-order valence-electron chi connectivity index (χ1n) is 8.93. The third-order valence-electron chi connectivity index (χ3n) is 4.22. The zero-order chi connectivity index (χ0) is 21.1. The molecule has 1 aliphatic rings. The van der Waals surface area contributed by atoms with Crippen molar-refractivity contribution in [3.63, 3.8) is 0 Å². The minimum atomic E-state index is -0.721. The lowest BCUT2D eigenvalue weighted by Crippen LogP contribution is -2.53. The van der Waals surface area contributed by atoms with Gasteiger partial charge in [-0.2, -0.15) is 0 Å². The summed E-state index contributed by atoms with van der Waals surface area (Å²) in [5, 5.41) is 10.7. The number of rotatable bonds is 4. The maximum Gasteiger partial charge on any atom is 0.411 e. The summed E-state index contributed by atoms with van der Waals surface area (Å²) in [6.45, 7) is 6.63. The molecule has 1 amide bonds. The number of amides is 1. The molecule has 0 aliphatic carbocycles. The Bertz CT molecular complexity index is 767. The molecule has 0 unspecified atom stereocenters. The van der Waals surface area contributed by atoms with Gasteiger partial charge in [0.25, 0.3) is 5.69 Å². The van der Waals surface area contributed by atoms with Crippen LogP contribution in [-0.2, 0) is 14.3 Å². The van der Waals surface area contributed by atoms with E-state index in [0.717, 1.165) is 0 Å². The lowest BCUT2D eigenvalue weighted by molar-refractivity contribution is -0.384. The van der Waals surface area contributed by atoms with Gasteiger partial charge in [0.05, 0.1) is 23.1 Å². The van der Waals surface area contributed by atoms with Crippen LogP contribution in [0.25, 0.3) is 0 Å². The van der Waals surface area contributed by atoms with Gasteiger partial charge in [0.15, 0.2) is 5.78 Å². The van der Waals surface area contributed by atoms with Crippen LogP contribution in [0.2, 0.25) is 0 Å². The van der Waals surface area contributed by atoms with E-state index >= 15 is 0 Å². The molecule has 0 N–H and O–H groups in total. The SMILES string of the molecule is CC(=O)[C@@H]1CC[C@@H](OC(=O)c2ccc([N+](=O)[O-])cc2)CN1C(=O)OC(C)(C)C. The monoisotopic (exact) mass is 392 g/mol. The van der Waals surface area contributed by atoms with Gasteiger partial charge in [0.2, 0.25) is 0 Å². The topological polar surface area (TPSA) is 116 Å². The number of hydrogen-bond acceptors (Lipinski definition) is 7. The number of nitro groups is 1. The molecule has 0 bridgehead atoms. The summed E-state index contributed by atoms with van der Waals surface area (Å²) in [4.78, 5) is 48.1. The van der Waals surface area contributed by atoms with Crippen LogP contribution in [0.4, 0.5) is 10.5 Å². The van der Waals surface area contributed by atoms with Gasteiger partial charge in [-0.15, -0.1) is 0 Å². The fourth-order valence-corrected chi connectivity index (χ4v) is 2.92. The zero-order valence-electron chi connectivity index (χ0n) is 16.3. The molecule has 28 heavy (non-hydrogen) atoms. The summed E-state index contributed by atoms with van der Waals surface area (Å²) in [5.74, 6) is -0.809. The minimum Gasteiger partial charge on any atom is -0.457 e. The number of benzene rings is 1. The number of carbonyl (C=O) groups excluding carboxylic acids is 3. The van der Waals surface area contributed by atoms with E-state index in [-0.39, 0.29) is 23.6 Å². The van der Waals surface area contributed by atoms with Crippen LogP contribution >= 0.6 is 0 Å². The highest BCUT2D eigenvalue weighted by atomic mass is 16.6. The van der Waals surface area contributed by atoms with Gasteiger partial charge < -0.3 is 9.47 Å². The largest absolute Gasteiger partial charge is 0.457 e. The highest BCUT2D eigenvalue weighted by Gasteiger charge is 2.38. The van der Waals surface area contributed by atoms with Crippen molar-refractivity contribution >= 4 is 23.5 Å². The van der Waals surface area contributed by atoms with Gasteiger partial charge in [-0.05, 0) is 52.7 Å². The molecule has 9 nitrogen and oxygen atoms in total. The maximum absolute atomic E-state index is 12.5. The first-order chi connectivity index (χ1) is 13.0. The summed E-state index contributed by atoms with van der Waals surface area (Å²) in [6.07, 6.45) is -0.468. The number of ketones is 1. The van der Waals surface area contributed by atoms with Crippen molar-refractivity contribution in [3.8, 4) is 0 Å². The second-order valence-electron chi connectivity index (χ2n) is 7.67. The lowest BCUT2D eigenvalue weighted by atomic mass is 9.97. The van der Waals surface area contributed by atoms with E-state index in [1.54, 1.807) is 20.8 Å². The van der Waals surface area contributed by atoms with Crippen molar-refractivity contribution in [2.75, 3.05) is 6.54 Å². The van der Waals surface area contributed by atoms with Crippen LogP contribution in [0.1, 0.15) is 50.9 Å². The third kappa shape index (κ3) is 5.51. The van der Waals surface area contributed by atoms with Gasteiger partial charge in [-0.25, -0.2) is 9.59 Å². The molecule has 0 radical (unpaired) electrons. The van der Waals surface area contributed by atoms with E-state index in [0.29, 0.717) is 12.8 Å². The Balaban J connectivity index is 2.07. The number of non-ortho nitro benzene ring substituents is 1. The van der Waals surface area contributed by atoms with Gasteiger partial charge in [-0.3, -0.25) is 19.8 Å². The van der Waals surface area contributed by atoms with Crippen molar-refractivity contribution in [1.82, 2.24) is 4.90 Å². The quantitative estimate of drug-likeness (QED) is 0.439. The van der Waals surface area contributed by atoms with E-state index in [1.807, 2.05) is 0 Å². The molecule has 0 aromatic heterocycles. The molecule has 1 saturated heterocycles. The summed E-state index contributed by atoms with van der Waals surface area (Å²) >= 11 is 0. The normalized spacial score (nSPS) is 19.6. The number of Topliss-reactive ketones (excluding diaryl/α,β-unsaturated/α-hetero) is 1. The van der Waals surface area contributed by atoms with Crippen molar-refractivity contribution < 1.29 is 28.8 Å². The standard InChI is InChI=1S/C19H24N2O7/c1-12(22)16-10-9-15(11-20(16)18(24)28-19(2,3)4)27-17(23)13-5-7-14(8-6-13)21(25)26/h5-8,15-16H,9-11H2,1-4H3/t15-,16+/m1/s1. The Hall–Kier alpha value is -2.97. The first kappa shape index (κ1) is 21.3. The van der Waals surface area contributed by atoms with Crippen molar-refractivity contribution in [2.24, 2.45) is 0 Å². The Morgan fingerprint density at radius 3 is 2.25 bits per heavy atom. The Morgan fingerprint density at radius 1 is 1.14 bits per heavy atom.